The third-order valence-electron chi connectivity index (χ3n) is 1.36. The lowest BCUT2D eigenvalue weighted by Gasteiger charge is -2.02. The SMILES string of the molecule is C=CCOC(=O)C(C)=C(F)CC. The van der Waals surface area contributed by atoms with Gasteiger partial charge in [0.15, 0.2) is 0 Å². The molecule has 0 saturated heterocycles. The van der Waals surface area contributed by atoms with Gasteiger partial charge in [0.2, 0.25) is 0 Å². The lowest BCUT2D eigenvalue weighted by atomic mass is 10.2. The Morgan fingerprint density at radius 2 is 2.25 bits per heavy atom. The Balaban J connectivity index is 4.18. The van der Waals surface area contributed by atoms with Gasteiger partial charge in [-0.3, -0.25) is 0 Å². The predicted octanol–water partition coefficient (Wildman–Crippen LogP) is 2.37. The van der Waals surface area contributed by atoms with Gasteiger partial charge in [-0.15, -0.1) is 0 Å². The van der Waals surface area contributed by atoms with Crippen LogP contribution in [0.15, 0.2) is 24.1 Å². The molecule has 0 spiro atoms. The fraction of sp³-hybridized carbons (Fsp3) is 0.444. The maximum absolute atomic E-state index is 12.8. The number of hydrogen-bond donors (Lipinski definition) is 0. The number of halogens is 1. The van der Waals surface area contributed by atoms with Gasteiger partial charge in [0.05, 0.1) is 5.57 Å². The number of hydrogen-bond acceptors (Lipinski definition) is 2. The minimum absolute atomic E-state index is 0.0411. The molecular formula is C9H13FO2. The highest BCUT2D eigenvalue weighted by Crippen LogP contribution is 2.10. The van der Waals surface area contributed by atoms with Gasteiger partial charge in [0.25, 0.3) is 0 Å². The Kier molecular flexibility index (Phi) is 5.00. The molecule has 0 radical (unpaired) electrons. The third-order valence-corrected chi connectivity index (χ3v) is 1.36. The molecule has 0 fully saturated rings. The monoisotopic (exact) mass is 172 g/mol. The summed E-state index contributed by atoms with van der Waals surface area (Å²) in [5.74, 6) is -1.04. The maximum Gasteiger partial charge on any atom is 0.336 e. The number of ether oxygens (including phenoxy) is 1. The Labute approximate surface area is 71.7 Å². The van der Waals surface area contributed by atoms with E-state index in [0.717, 1.165) is 0 Å². The molecule has 0 aromatic rings. The van der Waals surface area contributed by atoms with Crippen LogP contribution in [0.3, 0.4) is 0 Å². The smallest absolute Gasteiger partial charge is 0.336 e. The van der Waals surface area contributed by atoms with Crippen molar-refractivity contribution in [1.82, 2.24) is 0 Å². The van der Waals surface area contributed by atoms with Crippen LogP contribution < -0.4 is 0 Å². The van der Waals surface area contributed by atoms with E-state index in [4.69, 9.17) is 0 Å². The number of carbonyl (C=O) groups is 1. The topological polar surface area (TPSA) is 26.3 Å². The summed E-state index contributed by atoms with van der Waals surface area (Å²) in [6.45, 7) is 6.53. The van der Waals surface area contributed by atoms with Gasteiger partial charge in [-0.25, -0.2) is 9.18 Å². The standard InChI is InChI=1S/C9H13FO2/c1-4-6-12-9(11)7(3)8(10)5-2/h4H,1,5-6H2,2-3H3. The molecule has 2 nitrogen and oxygen atoms in total. The van der Waals surface area contributed by atoms with E-state index in [2.05, 4.69) is 11.3 Å². The van der Waals surface area contributed by atoms with Crippen molar-refractivity contribution in [2.75, 3.05) is 6.61 Å². The van der Waals surface area contributed by atoms with Gasteiger partial charge in [0, 0.05) is 0 Å². The van der Waals surface area contributed by atoms with Crippen LogP contribution in [0.4, 0.5) is 4.39 Å². The molecule has 0 atom stereocenters. The Morgan fingerprint density at radius 3 is 2.67 bits per heavy atom. The van der Waals surface area contributed by atoms with Crippen LogP contribution in [-0.4, -0.2) is 12.6 Å². The van der Waals surface area contributed by atoms with E-state index in [9.17, 15) is 9.18 Å². The molecule has 0 rings (SSSR count). The van der Waals surface area contributed by atoms with Crippen LogP contribution in [0.1, 0.15) is 20.3 Å². The van der Waals surface area contributed by atoms with E-state index < -0.39 is 11.8 Å². The first-order valence-corrected chi connectivity index (χ1v) is 3.76. The molecule has 3 heteroatoms. The molecule has 0 aromatic heterocycles. The molecule has 0 amide bonds. The lowest BCUT2D eigenvalue weighted by Crippen LogP contribution is -2.06. The first-order valence-electron chi connectivity index (χ1n) is 3.76. The van der Waals surface area contributed by atoms with E-state index in [0.29, 0.717) is 0 Å². The summed E-state index contributed by atoms with van der Waals surface area (Å²) in [7, 11) is 0. The Morgan fingerprint density at radius 1 is 1.67 bits per heavy atom. The van der Waals surface area contributed by atoms with E-state index in [-0.39, 0.29) is 18.6 Å². The summed E-state index contributed by atoms with van der Waals surface area (Å²) in [6.07, 6.45) is 1.66. The van der Waals surface area contributed by atoms with E-state index in [1.807, 2.05) is 0 Å². The van der Waals surface area contributed by atoms with Gasteiger partial charge in [-0.1, -0.05) is 19.6 Å². The second kappa shape index (κ2) is 5.52. The fourth-order valence-corrected chi connectivity index (χ4v) is 0.619. The maximum atomic E-state index is 12.8. The summed E-state index contributed by atoms with van der Waals surface area (Å²) in [5, 5.41) is 0. The van der Waals surface area contributed by atoms with E-state index in [1.165, 1.54) is 13.0 Å². The molecule has 68 valence electrons. The average Bonchev–Trinajstić information content (AvgIpc) is 2.11. The van der Waals surface area contributed by atoms with Crippen molar-refractivity contribution < 1.29 is 13.9 Å². The quantitative estimate of drug-likeness (QED) is 0.369. The molecule has 0 bridgehead atoms. The zero-order valence-electron chi connectivity index (χ0n) is 7.39. The summed E-state index contributed by atoms with van der Waals surface area (Å²) in [5.41, 5.74) is 0.0411. The van der Waals surface area contributed by atoms with Gasteiger partial charge >= 0.3 is 5.97 Å². The largest absolute Gasteiger partial charge is 0.458 e. The van der Waals surface area contributed by atoms with Gasteiger partial charge < -0.3 is 4.74 Å². The average molecular weight is 172 g/mol. The second-order valence-electron chi connectivity index (χ2n) is 2.27. The van der Waals surface area contributed by atoms with Gasteiger partial charge in [0.1, 0.15) is 12.4 Å². The summed E-state index contributed by atoms with van der Waals surface area (Å²) in [6, 6.07) is 0. The van der Waals surface area contributed by atoms with Crippen molar-refractivity contribution in [3.8, 4) is 0 Å². The van der Waals surface area contributed by atoms with Gasteiger partial charge in [-0.2, -0.15) is 0 Å². The fourth-order valence-electron chi connectivity index (χ4n) is 0.619. The molecule has 0 saturated carbocycles. The number of allylic oxidation sites excluding steroid dienone is 1. The zero-order valence-corrected chi connectivity index (χ0v) is 7.39. The first kappa shape index (κ1) is 10.9. The zero-order chi connectivity index (χ0) is 9.56. The van der Waals surface area contributed by atoms with Crippen molar-refractivity contribution in [2.24, 2.45) is 0 Å². The summed E-state index contributed by atoms with van der Waals surface area (Å²) < 4.78 is 17.4. The second-order valence-corrected chi connectivity index (χ2v) is 2.27. The van der Waals surface area contributed by atoms with Crippen LogP contribution in [0.5, 0.6) is 0 Å². The molecule has 0 aliphatic carbocycles. The molecule has 0 unspecified atom stereocenters. The number of carbonyl (C=O) groups excluding carboxylic acids is 1. The molecule has 0 aliphatic heterocycles. The van der Waals surface area contributed by atoms with Crippen molar-refractivity contribution in [3.05, 3.63) is 24.1 Å². The molecule has 12 heavy (non-hydrogen) atoms. The molecule has 0 N–H and O–H groups in total. The molecule has 0 aromatic carbocycles. The highest BCUT2D eigenvalue weighted by atomic mass is 19.1. The highest BCUT2D eigenvalue weighted by Gasteiger charge is 2.09. The molecule has 0 heterocycles. The first-order chi connectivity index (χ1) is 5.63. The van der Waals surface area contributed by atoms with Crippen molar-refractivity contribution in [1.29, 1.82) is 0 Å². The van der Waals surface area contributed by atoms with E-state index in [1.54, 1.807) is 6.92 Å². The Bertz CT molecular complexity index is 207. The number of esters is 1. The van der Waals surface area contributed by atoms with Gasteiger partial charge in [-0.05, 0) is 13.3 Å². The van der Waals surface area contributed by atoms with E-state index >= 15 is 0 Å². The molecular weight excluding hydrogens is 159 g/mol. The van der Waals surface area contributed by atoms with Crippen LogP contribution in [-0.2, 0) is 9.53 Å². The lowest BCUT2D eigenvalue weighted by molar-refractivity contribution is -0.137. The van der Waals surface area contributed by atoms with Crippen molar-refractivity contribution in [3.63, 3.8) is 0 Å². The van der Waals surface area contributed by atoms with Crippen molar-refractivity contribution in [2.45, 2.75) is 20.3 Å². The van der Waals surface area contributed by atoms with Crippen LogP contribution in [0.25, 0.3) is 0 Å². The van der Waals surface area contributed by atoms with Crippen LogP contribution >= 0.6 is 0 Å². The minimum atomic E-state index is -0.616. The highest BCUT2D eigenvalue weighted by molar-refractivity contribution is 5.88. The van der Waals surface area contributed by atoms with Crippen LogP contribution in [0, 0.1) is 0 Å². The normalized spacial score (nSPS) is 11.9. The summed E-state index contributed by atoms with van der Waals surface area (Å²) in [4.78, 5) is 10.9. The third kappa shape index (κ3) is 3.32. The predicted molar refractivity (Wildman–Crippen MR) is 45.3 cm³/mol. The molecule has 0 aliphatic rings. The van der Waals surface area contributed by atoms with Crippen molar-refractivity contribution >= 4 is 5.97 Å². The summed E-state index contributed by atoms with van der Waals surface area (Å²) >= 11 is 0. The Hall–Kier alpha value is -1.12. The van der Waals surface area contributed by atoms with Crippen LogP contribution in [0.2, 0.25) is 0 Å². The number of rotatable bonds is 4. The minimum Gasteiger partial charge on any atom is -0.458 e.